The molecular weight excluding hydrogens is 405 g/mol. The highest BCUT2D eigenvalue weighted by molar-refractivity contribution is 9.10. The zero-order valence-corrected chi connectivity index (χ0v) is 15.1. The molecule has 3 rings (SSSR count). The molecule has 0 saturated carbocycles. The van der Waals surface area contributed by atoms with Gasteiger partial charge in [-0.15, -0.1) is 0 Å². The Bertz CT molecular complexity index is 857. The van der Waals surface area contributed by atoms with E-state index in [0.717, 1.165) is 0 Å². The predicted octanol–water partition coefficient (Wildman–Crippen LogP) is 2.40. The molecule has 0 bridgehead atoms. The lowest BCUT2D eigenvalue weighted by Gasteiger charge is -2.16. The van der Waals surface area contributed by atoms with Gasteiger partial charge in [0.05, 0.1) is 11.5 Å². The van der Waals surface area contributed by atoms with Crippen LogP contribution in [-0.4, -0.2) is 24.3 Å². The van der Waals surface area contributed by atoms with E-state index >= 15 is 0 Å². The van der Waals surface area contributed by atoms with Crippen LogP contribution in [0.4, 0.5) is 10.1 Å². The summed E-state index contributed by atoms with van der Waals surface area (Å²) >= 11 is 3.27. The fourth-order valence-corrected chi connectivity index (χ4v) is 3.15. The topological polar surface area (TPSA) is 78.5 Å². The van der Waals surface area contributed by atoms with Crippen LogP contribution in [0.3, 0.4) is 0 Å². The molecule has 0 radical (unpaired) electrons. The molecule has 1 aliphatic heterocycles. The molecule has 1 atom stereocenters. The first-order valence-corrected chi connectivity index (χ1v) is 8.65. The van der Waals surface area contributed by atoms with Crippen molar-refractivity contribution in [2.45, 2.75) is 6.42 Å². The molecule has 1 fully saturated rings. The molecule has 0 spiro atoms. The smallest absolute Gasteiger partial charge is 0.270 e. The molecule has 2 aromatic carbocycles. The van der Waals surface area contributed by atoms with Gasteiger partial charge in [-0.2, -0.15) is 0 Å². The Hall–Kier alpha value is -2.74. The van der Waals surface area contributed by atoms with Crippen molar-refractivity contribution in [3.05, 3.63) is 64.4 Å². The molecule has 0 unspecified atom stereocenters. The van der Waals surface area contributed by atoms with E-state index in [1.165, 1.54) is 29.2 Å². The number of anilines is 1. The Labute approximate surface area is 157 Å². The summed E-state index contributed by atoms with van der Waals surface area (Å²) in [6.45, 7) is 0.168. The predicted molar refractivity (Wildman–Crippen MR) is 96.6 cm³/mol. The van der Waals surface area contributed by atoms with Gasteiger partial charge in [-0.25, -0.2) is 4.39 Å². The Balaban J connectivity index is 1.59. The number of rotatable bonds is 3. The average molecular weight is 420 g/mol. The number of carbonyl (C=O) groups excluding carboxylic acids is 3. The van der Waals surface area contributed by atoms with Crippen molar-refractivity contribution in [2.75, 3.05) is 11.4 Å². The van der Waals surface area contributed by atoms with Crippen LogP contribution < -0.4 is 15.8 Å². The first-order chi connectivity index (χ1) is 12.5. The summed E-state index contributed by atoms with van der Waals surface area (Å²) in [4.78, 5) is 37.9. The van der Waals surface area contributed by atoms with E-state index in [4.69, 9.17) is 0 Å². The van der Waals surface area contributed by atoms with E-state index in [-0.39, 0.29) is 18.9 Å². The molecule has 1 aliphatic rings. The van der Waals surface area contributed by atoms with Gasteiger partial charge in [0.2, 0.25) is 11.8 Å². The second kappa shape index (κ2) is 7.65. The van der Waals surface area contributed by atoms with Crippen LogP contribution >= 0.6 is 15.9 Å². The van der Waals surface area contributed by atoms with Crippen LogP contribution in [0.25, 0.3) is 0 Å². The summed E-state index contributed by atoms with van der Waals surface area (Å²) in [5, 5.41) is 0. The highest BCUT2D eigenvalue weighted by atomic mass is 79.9. The Morgan fingerprint density at radius 2 is 1.77 bits per heavy atom. The molecule has 3 amide bonds. The van der Waals surface area contributed by atoms with Crippen LogP contribution in [0.5, 0.6) is 0 Å². The number of hydrogen-bond donors (Lipinski definition) is 2. The van der Waals surface area contributed by atoms with Gasteiger partial charge < -0.3 is 4.90 Å². The van der Waals surface area contributed by atoms with Gasteiger partial charge in [0.1, 0.15) is 5.82 Å². The van der Waals surface area contributed by atoms with Crippen LogP contribution in [0.15, 0.2) is 53.0 Å². The van der Waals surface area contributed by atoms with Crippen LogP contribution in [0.1, 0.15) is 16.8 Å². The van der Waals surface area contributed by atoms with E-state index in [1.807, 2.05) is 0 Å². The minimum atomic E-state index is -0.605. The molecule has 134 valence electrons. The molecule has 0 aromatic heterocycles. The number of amides is 3. The summed E-state index contributed by atoms with van der Waals surface area (Å²) < 4.78 is 13.6. The van der Waals surface area contributed by atoms with Crippen molar-refractivity contribution in [1.29, 1.82) is 0 Å². The third kappa shape index (κ3) is 3.91. The van der Waals surface area contributed by atoms with Crippen molar-refractivity contribution in [1.82, 2.24) is 10.9 Å². The lowest BCUT2D eigenvalue weighted by atomic mass is 10.1. The van der Waals surface area contributed by atoms with Gasteiger partial charge >= 0.3 is 0 Å². The maximum Gasteiger partial charge on any atom is 0.270 e. The first-order valence-electron chi connectivity index (χ1n) is 7.86. The van der Waals surface area contributed by atoms with Gasteiger partial charge in [-0.1, -0.05) is 12.1 Å². The molecule has 26 heavy (non-hydrogen) atoms. The Kier molecular flexibility index (Phi) is 5.32. The van der Waals surface area contributed by atoms with Crippen LogP contribution in [-0.2, 0) is 9.59 Å². The second-order valence-electron chi connectivity index (χ2n) is 5.81. The highest BCUT2D eigenvalue weighted by Gasteiger charge is 2.35. The van der Waals surface area contributed by atoms with Crippen LogP contribution in [0.2, 0.25) is 0 Å². The number of nitrogens with one attached hydrogen (secondary N) is 2. The van der Waals surface area contributed by atoms with Crippen molar-refractivity contribution in [2.24, 2.45) is 5.92 Å². The molecular formula is C18H15BrFN3O3. The average Bonchev–Trinajstić information content (AvgIpc) is 3.02. The van der Waals surface area contributed by atoms with Crippen molar-refractivity contribution < 1.29 is 18.8 Å². The SMILES string of the molecule is O=C(NNC(=O)[C@@H]1CC(=O)N(c2ccc(F)cc2)C1)c1ccccc1Br. The Morgan fingerprint density at radius 3 is 2.46 bits per heavy atom. The zero-order chi connectivity index (χ0) is 18.7. The Morgan fingerprint density at radius 1 is 1.08 bits per heavy atom. The summed E-state index contributed by atoms with van der Waals surface area (Å²) in [6, 6.07) is 12.3. The number of benzene rings is 2. The highest BCUT2D eigenvalue weighted by Crippen LogP contribution is 2.25. The number of halogens is 2. The van der Waals surface area contributed by atoms with E-state index in [0.29, 0.717) is 15.7 Å². The third-order valence-corrected chi connectivity index (χ3v) is 4.74. The van der Waals surface area contributed by atoms with Gasteiger partial charge in [-0.05, 0) is 52.3 Å². The fraction of sp³-hybridized carbons (Fsp3) is 0.167. The van der Waals surface area contributed by atoms with E-state index in [2.05, 4.69) is 26.8 Å². The molecule has 2 aromatic rings. The summed E-state index contributed by atoms with van der Waals surface area (Å²) in [5.41, 5.74) is 5.61. The van der Waals surface area contributed by atoms with E-state index < -0.39 is 23.5 Å². The minimum Gasteiger partial charge on any atom is -0.312 e. The summed E-state index contributed by atoms with van der Waals surface area (Å²) in [6.07, 6.45) is 0.0219. The van der Waals surface area contributed by atoms with Crippen molar-refractivity contribution in [3.8, 4) is 0 Å². The molecule has 6 nitrogen and oxygen atoms in total. The lowest BCUT2D eigenvalue weighted by molar-refractivity contribution is -0.126. The number of hydrazine groups is 1. The molecule has 1 saturated heterocycles. The van der Waals surface area contributed by atoms with Crippen molar-refractivity contribution in [3.63, 3.8) is 0 Å². The van der Waals surface area contributed by atoms with Crippen molar-refractivity contribution >= 4 is 39.3 Å². The third-order valence-electron chi connectivity index (χ3n) is 4.05. The zero-order valence-electron chi connectivity index (χ0n) is 13.5. The van der Waals surface area contributed by atoms with Crippen LogP contribution in [0, 0.1) is 11.7 Å². The lowest BCUT2D eigenvalue weighted by Crippen LogP contribution is -2.45. The van der Waals surface area contributed by atoms with E-state index in [9.17, 15) is 18.8 Å². The quantitative estimate of drug-likeness (QED) is 0.749. The summed E-state index contributed by atoms with van der Waals surface area (Å²) in [7, 11) is 0. The van der Waals surface area contributed by atoms with Gasteiger partial charge in [0, 0.05) is 23.1 Å². The monoisotopic (exact) mass is 419 g/mol. The number of nitrogens with zero attached hydrogens (tertiary/aromatic N) is 1. The molecule has 8 heteroatoms. The summed E-state index contributed by atoms with van der Waals surface area (Å²) in [5.74, 6) is -2.15. The largest absolute Gasteiger partial charge is 0.312 e. The maximum atomic E-state index is 13.0. The van der Waals surface area contributed by atoms with Gasteiger partial charge in [0.15, 0.2) is 0 Å². The minimum absolute atomic E-state index is 0.0219. The van der Waals surface area contributed by atoms with E-state index in [1.54, 1.807) is 24.3 Å². The standard InChI is InChI=1S/C18H15BrFN3O3/c19-15-4-2-1-3-14(15)18(26)22-21-17(25)11-9-16(24)23(10-11)13-7-5-12(20)6-8-13/h1-8,11H,9-10H2,(H,21,25)(H,22,26)/t11-/m1/s1. The first kappa shape index (κ1) is 18.1. The molecule has 1 heterocycles. The second-order valence-corrected chi connectivity index (χ2v) is 6.66. The van der Waals surface area contributed by atoms with Gasteiger partial charge in [-0.3, -0.25) is 25.2 Å². The fourth-order valence-electron chi connectivity index (χ4n) is 2.69. The maximum absolute atomic E-state index is 13.0. The molecule has 0 aliphatic carbocycles. The number of hydrogen-bond acceptors (Lipinski definition) is 3. The van der Waals surface area contributed by atoms with Gasteiger partial charge in [0.25, 0.3) is 5.91 Å². The molecule has 2 N–H and O–H groups in total. The normalized spacial score (nSPS) is 16.5. The number of carbonyl (C=O) groups is 3.